The summed E-state index contributed by atoms with van der Waals surface area (Å²) >= 11 is 0.381. The number of nitrogens with one attached hydrogen (secondary N) is 2. The highest BCUT2D eigenvalue weighted by atomic mass is 32.1. The molecule has 1 aromatic heterocycles. The third-order valence-corrected chi connectivity index (χ3v) is 5.96. The van der Waals surface area contributed by atoms with Crippen LogP contribution in [-0.2, 0) is 9.47 Å². The molecule has 1 heterocycles. The second-order valence-electron chi connectivity index (χ2n) is 10.3. The van der Waals surface area contributed by atoms with E-state index in [1.807, 2.05) is 0 Å². The molecule has 0 aliphatic heterocycles. The van der Waals surface area contributed by atoms with Crippen LogP contribution in [0.3, 0.4) is 0 Å². The highest BCUT2D eigenvalue weighted by molar-refractivity contribution is 7.19. The summed E-state index contributed by atoms with van der Waals surface area (Å²) in [6.45, 7) is 10.1. The first-order valence-corrected chi connectivity index (χ1v) is 12.5. The number of ether oxygens (including phenoxy) is 2. The van der Waals surface area contributed by atoms with Crippen LogP contribution in [0.5, 0.6) is 0 Å². The molecular formula is C26H28N4O8S. The average Bonchev–Trinajstić information content (AvgIpc) is 3.18. The van der Waals surface area contributed by atoms with Gasteiger partial charge in [-0.1, -0.05) is 36.4 Å². The molecule has 0 radical (unpaired) electrons. The minimum atomic E-state index is -0.816. The van der Waals surface area contributed by atoms with Crippen LogP contribution in [0.4, 0.5) is 31.0 Å². The van der Waals surface area contributed by atoms with Crippen LogP contribution >= 0.6 is 11.3 Å². The summed E-state index contributed by atoms with van der Waals surface area (Å²) in [6.07, 6.45) is -1.62. The van der Waals surface area contributed by atoms with Gasteiger partial charge in [-0.3, -0.25) is 30.9 Å². The predicted octanol–water partition coefficient (Wildman–Crippen LogP) is 7.59. The first-order chi connectivity index (χ1) is 18.1. The number of nitrogens with zero attached hydrogens (tertiary/aromatic N) is 2. The number of rotatable bonds is 6. The number of thiophene rings is 1. The fourth-order valence-electron chi connectivity index (χ4n) is 3.61. The Hall–Kier alpha value is -4.52. The maximum absolute atomic E-state index is 12.6. The fourth-order valence-corrected chi connectivity index (χ4v) is 4.57. The number of carbonyl (C=O) groups excluding carboxylic acids is 2. The minimum Gasteiger partial charge on any atom is -0.444 e. The molecule has 3 aromatic rings. The van der Waals surface area contributed by atoms with Gasteiger partial charge < -0.3 is 9.47 Å². The minimum absolute atomic E-state index is 0.0956. The summed E-state index contributed by atoms with van der Waals surface area (Å²) in [5.74, 6) is 0. The Morgan fingerprint density at radius 2 is 1.03 bits per heavy atom. The number of amides is 2. The van der Waals surface area contributed by atoms with Crippen molar-refractivity contribution >= 4 is 44.9 Å². The summed E-state index contributed by atoms with van der Waals surface area (Å²) in [4.78, 5) is 48.0. The summed E-state index contributed by atoms with van der Waals surface area (Å²) in [5.41, 5.74) is -1.23. The van der Waals surface area contributed by atoms with Crippen LogP contribution in [0.1, 0.15) is 41.5 Å². The monoisotopic (exact) mass is 556 g/mol. The third-order valence-electron chi connectivity index (χ3n) is 4.87. The maximum Gasteiger partial charge on any atom is 0.412 e. The Balaban J connectivity index is 2.27. The van der Waals surface area contributed by atoms with Crippen molar-refractivity contribution in [3.63, 3.8) is 0 Å². The summed E-state index contributed by atoms with van der Waals surface area (Å²) in [6, 6.07) is 12.4. The van der Waals surface area contributed by atoms with Gasteiger partial charge in [-0.2, -0.15) is 0 Å². The van der Waals surface area contributed by atoms with Crippen LogP contribution in [0, 0.1) is 20.2 Å². The van der Waals surface area contributed by atoms with Gasteiger partial charge in [-0.05, 0) is 53.7 Å². The molecule has 206 valence electrons. The number of anilines is 2. The van der Waals surface area contributed by atoms with E-state index in [1.165, 1.54) is 24.3 Å². The normalized spacial score (nSPS) is 11.4. The lowest BCUT2D eigenvalue weighted by molar-refractivity contribution is -0.382. The SMILES string of the molecule is CC(C)(C)OC(=O)Nc1ccccc1-c1c([N+](=O)[O-])sc([N+](=O)[O-])c1-c1ccccc1NC(=O)OC(C)(C)C. The van der Waals surface area contributed by atoms with Crippen LogP contribution in [-0.4, -0.2) is 33.2 Å². The van der Waals surface area contributed by atoms with Gasteiger partial charge >= 0.3 is 22.2 Å². The van der Waals surface area contributed by atoms with Crippen molar-refractivity contribution in [2.24, 2.45) is 0 Å². The fraction of sp³-hybridized carbons (Fsp3) is 0.308. The zero-order chi connectivity index (χ0) is 29.1. The second-order valence-corrected chi connectivity index (χ2v) is 11.3. The van der Waals surface area contributed by atoms with Crippen LogP contribution in [0.15, 0.2) is 48.5 Å². The average molecular weight is 557 g/mol. The quantitative estimate of drug-likeness (QED) is 0.231. The van der Waals surface area contributed by atoms with E-state index in [0.29, 0.717) is 11.3 Å². The summed E-state index contributed by atoms with van der Waals surface area (Å²) in [7, 11) is 0. The van der Waals surface area contributed by atoms with Crippen molar-refractivity contribution < 1.29 is 28.9 Å². The molecule has 13 heteroatoms. The Labute approximate surface area is 228 Å². The number of hydrogen-bond acceptors (Lipinski definition) is 9. The van der Waals surface area contributed by atoms with E-state index in [2.05, 4.69) is 10.6 Å². The Morgan fingerprint density at radius 3 is 1.33 bits per heavy atom. The van der Waals surface area contributed by atoms with E-state index in [1.54, 1.807) is 65.8 Å². The summed E-state index contributed by atoms with van der Waals surface area (Å²) in [5, 5.41) is 28.4. The van der Waals surface area contributed by atoms with Crippen molar-refractivity contribution in [1.29, 1.82) is 0 Å². The molecule has 12 nitrogen and oxygen atoms in total. The van der Waals surface area contributed by atoms with Crippen LogP contribution in [0.25, 0.3) is 22.3 Å². The topological polar surface area (TPSA) is 163 Å². The van der Waals surface area contributed by atoms with Crippen molar-refractivity contribution in [3.05, 3.63) is 68.8 Å². The number of para-hydroxylation sites is 2. The molecule has 0 atom stereocenters. The predicted molar refractivity (Wildman–Crippen MR) is 148 cm³/mol. The van der Waals surface area contributed by atoms with Crippen molar-refractivity contribution in [1.82, 2.24) is 0 Å². The smallest absolute Gasteiger partial charge is 0.412 e. The lowest BCUT2D eigenvalue weighted by Gasteiger charge is -2.21. The van der Waals surface area contributed by atoms with Gasteiger partial charge in [0.15, 0.2) is 0 Å². The van der Waals surface area contributed by atoms with Gasteiger partial charge in [0.2, 0.25) is 0 Å². The highest BCUT2D eigenvalue weighted by Crippen LogP contribution is 2.54. The van der Waals surface area contributed by atoms with Gasteiger partial charge in [0, 0.05) is 22.5 Å². The van der Waals surface area contributed by atoms with Gasteiger partial charge in [0.1, 0.15) is 11.2 Å². The molecule has 0 unspecified atom stereocenters. The maximum atomic E-state index is 12.6. The van der Waals surface area contributed by atoms with Crippen LogP contribution in [0.2, 0.25) is 0 Å². The van der Waals surface area contributed by atoms with E-state index in [4.69, 9.17) is 9.47 Å². The number of carbonyl (C=O) groups is 2. The van der Waals surface area contributed by atoms with Gasteiger partial charge in [-0.15, -0.1) is 0 Å². The van der Waals surface area contributed by atoms with Crippen molar-refractivity contribution in [2.75, 3.05) is 10.6 Å². The lowest BCUT2D eigenvalue weighted by atomic mass is 9.95. The number of hydrogen-bond donors (Lipinski definition) is 2. The standard InChI is InChI=1S/C26H28N4O8S/c1-25(2,3)37-23(31)27-17-13-9-7-11-15(17)19-20(22(30(35)36)39-21(19)29(33)34)16-12-8-10-14-18(16)28-24(32)38-26(4,5)6/h7-14H,1-6H3,(H,27,31)(H,28,32). The van der Waals surface area contributed by atoms with Gasteiger partial charge in [0.05, 0.1) is 32.3 Å². The molecule has 2 amide bonds. The molecular weight excluding hydrogens is 528 g/mol. The van der Waals surface area contributed by atoms with Gasteiger partial charge in [-0.25, -0.2) is 9.59 Å². The second kappa shape index (κ2) is 11.1. The third kappa shape index (κ3) is 7.29. The Kier molecular flexibility index (Phi) is 8.25. The van der Waals surface area contributed by atoms with E-state index >= 15 is 0 Å². The van der Waals surface area contributed by atoms with Crippen LogP contribution < -0.4 is 10.6 Å². The highest BCUT2D eigenvalue weighted by Gasteiger charge is 2.36. The molecule has 0 fully saturated rings. The largest absolute Gasteiger partial charge is 0.444 e. The zero-order valence-corrected chi connectivity index (χ0v) is 23.0. The molecule has 0 saturated heterocycles. The Morgan fingerprint density at radius 1 is 0.692 bits per heavy atom. The van der Waals surface area contributed by atoms with Gasteiger partial charge in [0.25, 0.3) is 0 Å². The molecule has 0 saturated carbocycles. The molecule has 0 spiro atoms. The van der Waals surface area contributed by atoms with Crippen molar-refractivity contribution in [3.8, 4) is 22.3 Å². The van der Waals surface area contributed by atoms with E-state index in [-0.39, 0.29) is 33.6 Å². The van der Waals surface area contributed by atoms with E-state index in [9.17, 15) is 29.8 Å². The first kappa shape index (κ1) is 29.0. The lowest BCUT2D eigenvalue weighted by Crippen LogP contribution is -2.27. The van der Waals surface area contributed by atoms with E-state index in [0.717, 1.165) is 0 Å². The van der Waals surface area contributed by atoms with E-state index < -0.39 is 43.2 Å². The first-order valence-electron chi connectivity index (χ1n) is 11.7. The molecule has 0 aliphatic rings. The zero-order valence-electron chi connectivity index (χ0n) is 22.2. The number of benzene rings is 2. The summed E-state index contributed by atoms with van der Waals surface area (Å²) < 4.78 is 10.6. The molecule has 2 N–H and O–H groups in total. The molecule has 0 aliphatic carbocycles. The molecule has 39 heavy (non-hydrogen) atoms. The molecule has 2 aromatic carbocycles. The van der Waals surface area contributed by atoms with Crippen molar-refractivity contribution in [2.45, 2.75) is 52.7 Å². The number of nitro groups is 2. The molecule has 0 bridgehead atoms. The molecule has 3 rings (SSSR count). The Bertz CT molecular complexity index is 1330.